The molecule has 0 bridgehead atoms. The second-order valence-electron chi connectivity index (χ2n) is 7.39. The van der Waals surface area contributed by atoms with Gasteiger partial charge >= 0.3 is 11.9 Å². The van der Waals surface area contributed by atoms with E-state index in [-0.39, 0.29) is 28.9 Å². The normalized spacial score (nSPS) is 20.4. The van der Waals surface area contributed by atoms with Crippen LogP contribution in [0.25, 0.3) is 0 Å². The molecule has 0 aliphatic carbocycles. The minimum absolute atomic E-state index is 0.156. The van der Waals surface area contributed by atoms with Crippen molar-refractivity contribution >= 4 is 47.3 Å². The van der Waals surface area contributed by atoms with Gasteiger partial charge in [0.05, 0.1) is 0 Å². The number of rotatable bonds is 9. The number of β-lactam (4-membered cyclic amide) rings is 1. The highest BCUT2D eigenvalue weighted by Crippen LogP contribution is 2.41. The van der Waals surface area contributed by atoms with E-state index >= 15 is 0 Å². The first kappa shape index (κ1) is 23.8. The molecule has 0 radical (unpaired) electrons. The van der Waals surface area contributed by atoms with Crippen LogP contribution in [0, 0.1) is 0 Å². The largest absolute Gasteiger partial charge is 0.481 e. The number of aliphatic hydroxyl groups is 1. The summed E-state index contributed by atoms with van der Waals surface area (Å²) in [7, 11) is 0. The Bertz CT molecular complexity index is 1170. The predicted octanol–water partition coefficient (Wildman–Crippen LogP) is -0.00390. The number of nitrogens with one attached hydrogen (secondary N) is 2. The fraction of sp³-hybridized carbons (Fsp3) is 0.300. The lowest BCUT2D eigenvalue weighted by atomic mass is 10.0. The van der Waals surface area contributed by atoms with E-state index in [4.69, 9.17) is 5.11 Å². The average Bonchev–Trinajstić information content (AvgIpc) is 3.26. The van der Waals surface area contributed by atoms with Gasteiger partial charge in [-0.1, -0.05) is 42.1 Å². The number of thioether (sulfide) groups is 2. The second kappa shape index (κ2) is 9.87. The van der Waals surface area contributed by atoms with Crippen LogP contribution >= 0.6 is 23.5 Å². The Balaban J connectivity index is 1.43. The van der Waals surface area contributed by atoms with Crippen molar-refractivity contribution in [2.75, 3.05) is 11.5 Å². The van der Waals surface area contributed by atoms with E-state index in [1.54, 1.807) is 30.3 Å². The molecule has 1 fully saturated rings. The molecule has 2 aromatic rings. The Hall–Kier alpha value is -3.36. The maximum Gasteiger partial charge on any atom is 0.352 e. The number of carbonyl (C=O) groups is 4. The fourth-order valence-electron chi connectivity index (χ4n) is 3.53. The summed E-state index contributed by atoms with van der Waals surface area (Å²) in [5.74, 6) is -3.00. The summed E-state index contributed by atoms with van der Waals surface area (Å²) in [6.07, 6.45) is -1.77. The second-order valence-corrected chi connectivity index (χ2v) is 9.44. The molecule has 0 spiro atoms. The van der Waals surface area contributed by atoms with E-state index in [0.29, 0.717) is 16.9 Å². The lowest BCUT2D eigenvalue weighted by Gasteiger charge is -2.49. The van der Waals surface area contributed by atoms with Gasteiger partial charge in [0.15, 0.2) is 6.10 Å². The van der Waals surface area contributed by atoms with Gasteiger partial charge in [0.1, 0.15) is 29.4 Å². The average molecular weight is 506 g/mol. The molecule has 12 nitrogen and oxygen atoms in total. The molecule has 2 aliphatic heterocycles. The van der Waals surface area contributed by atoms with Crippen molar-refractivity contribution in [1.82, 2.24) is 25.4 Å². The van der Waals surface area contributed by atoms with E-state index in [9.17, 15) is 29.4 Å². The van der Waals surface area contributed by atoms with Gasteiger partial charge < -0.3 is 20.6 Å². The highest BCUT2D eigenvalue weighted by Gasteiger charge is 2.54. The van der Waals surface area contributed by atoms with E-state index in [1.807, 2.05) is 0 Å². The zero-order valence-electron chi connectivity index (χ0n) is 17.4. The van der Waals surface area contributed by atoms with Crippen molar-refractivity contribution in [2.45, 2.75) is 29.1 Å². The van der Waals surface area contributed by atoms with Crippen LogP contribution in [0.15, 0.2) is 46.8 Å². The van der Waals surface area contributed by atoms with Gasteiger partial charge in [-0.3, -0.25) is 24.4 Å². The SMILES string of the molecule is O=C(O)Cc1nc(SCC2=C(C(=O)O)N3C(=O)C(NC(=O)C(O)c4ccccc4)[C@H]3SC2)n[nH]1. The zero-order valence-corrected chi connectivity index (χ0v) is 19.0. The number of carbonyl (C=O) groups excluding carboxylic acids is 2. The molecule has 1 aromatic carbocycles. The number of aliphatic carboxylic acids is 2. The molecule has 2 unspecified atom stereocenters. The molecule has 0 saturated carbocycles. The molecule has 2 amide bonds. The van der Waals surface area contributed by atoms with Gasteiger partial charge in [-0.05, 0) is 11.1 Å². The first-order valence-corrected chi connectivity index (χ1v) is 12.0. The topological polar surface area (TPSA) is 186 Å². The van der Waals surface area contributed by atoms with Gasteiger partial charge in [0.25, 0.3) is 11.8 Å². The summed E-state index contributed by atoms with van der Waals surface area (Å²) in [6, 6.07) is 7.31. The van der Waals surface area contributed by atoms with Crippen molar-refractivity contribution < 1.29 is 34.5 Å². The number of hydrogen-bond donors (Lipinski definition) is 5. The van der Waals surface area contributed by atoms with Crippen molar-refractivity contribution in [2.24, 2.45) is 0 Å². The Morgan fingerprint density at radius 1 is 1.26 bits per heavy atom. The number of benzene rings is 1. The molecule has 1 aromatic heterocycles. The molecule has 1 saturated heterocycles. The summed E-state index contributed by atoms with van der Waals surface area (Å²) in [5, 5.41) is 37.4. The van der Waals surface area contributed by atoms with Crippen LogP contribution in [0.5, 0.6) is 0 Å². The molecule has 4 rings (SSSR count). The van der Waals surface area contributed by atoms with Crippen LogP contribution in [0.1, 0.15) is 17.5 Å². The summed E-state index contributed by atoms with van der Waals surface area (Å²) in [4.78, 5) is 53.1. The van der Waals surface area contributed by atoms with Gasteiger partial charge in [0, 0.05) is 11.5 Å². The summed E-state index contributed by atoms with van der Waals surface area (Å²) < 4.78 is 0. The lowest BCUT2D eigenvalue weighted by molar-refractivity contribution is -0.151. The van der Waals surface area contributed by atoms with Gasteiger partial charge in [-0.2, -0.15) is 0 Å². The number of H-pyrrole nitrogens is 1. The quantitative estimate of drug-likeness (QED) is 0.228. The van der Waals surface area contributed by atoms with Crippen LogP contribution < -0.4 is 5.32 Å². The summed E-state index contributed by atoms with van der Waals surface area (Å²) in [5.41, 5.74) is 0.700. The van der Waals surface area contributed by atoms with Crippen LogP contribution in [-0.2, 0) is 25.6 Å². The Morgan fingerprint density at radius 3 is 2.68 bits per heavy atom. The molecule has 3 atom stereocenters. The minimum atomic E-state index is -1.45. The molecule has 2 aliphatic rings. The molecule has 14 heteroatoms. The predicted molar refractivity (Wildman–Crippen MR) is 120 cm³/mol. The van der Waals surface area contributed by atoms with E-state index in [2.05, 4.69) is 20.5 Å². The third-order valence-electron chi connectivity index (χ3n) is 5.12. The van der Waals surface area contributed by atoms with Crippen molar-refractivity contribution in [1.29, 1.82) is 0 Å². The van der Waals surface area contributed by atoms with Gasteiger partial charge in [0.2, 0.25) is 5.16 Å². The highest BCUT2D eigenvalue weighted by atomic mass is 32.2. The number of aromatic nitrogens is 3. The molecule has 34 heavy (non-hydrogen) atoms. The monoisotopic (exact) mass is 505 g/mol. The minimum Gasteiger partial charge on any atom is -0.481 e. The van der Waals surface area contributed by atoms with Crippen LogP contribution in [0.3, 0.4) is 0 Å². The third kappa shape index (κ3) is 4.78. The maximum absolute atomic E-state index is 12.8. The van der Waals surface area contributed by atoms with Gasteiger partial charge in [-0.25, -0.2) is 9.78 Å². The fourth-order valence-corrected chi connectivity index (χ4v) is 5.83. The summed E-state index contributed by atoms with van der Waals surface area (Å²) >= 11 is 2.42. The molecule has 5 N–H and O–H groups in total. The smallest absolute Gasteiger partial charge is 0.352 e. The van der Waals surface area contributed by atoms with Crippen LogP contribution in [-0.4, -0.2) is 82.1 Å². The van der Waals surface area contributed by atoms with Crippen LogP contribution in [0.2, 0.25) is 0 Å². The number of carboxylic acid groups (broad SMARTS) is 2. The molecular formula is C20H19N5O7S2. The number of nitrogens with zero attached hydrogens (tertiary/aromatic N) is 3. The molecular weight excluding hydrogens is 486 g/mol. The highest BCUT2D eigenvalue weighted by molar-refractivity contribution is 8.01. The van der Waals surface area contributed by atoms with Crippen LogP contribution in [0.4, 0.5) is 0 Å². The molecule has 3 heterocycles. The lowest BCUT2D eigenvalue weighted by Crippen LogP contribution is -2.70. The number of fused-ring (bicyclic) bond motifs is 1. The van der Waals surface area contributed by atoms with Crippen molar-refractivity contribution in [3.05, 3.63) is 53.0 Å². The number of aromatic amines is 1. The zero-order chi connectivity index (χ0) is 24.4. The number of carboxylic acids is 2. The first-order chi connectivity index (χ1) is 16.3. The van der Waals surface area contributed by atoms with Crippen molar-refractivity contribution in [3.8, 4) is 0 Å². The Kier molecular flexibility index (Phi) is 6.90. The Morgan fingerprint density at radius 2 is 2.00 bits per heavy atom. The van der Waals surface area contributed by atoms with Gasteiger partial charge in [-0.15, -0.1) is 16.9 Å². The van der Waals surface area contributed by atoms with E-state index in [1.165, 1.54) is 11.8 Å². The first-order valence-electron chi connectivity index (χ1n) is 9.95. The number of hydrogen-bond acceptors (Lipinski definition) is 9. The molecule has 178 valence electrons. The van der Waals surface area contributed by atoms with E-state index in [0.717, 1.165) is 16.7 Å². The van der Waals surface area contributed by atoms with Crippen molar-refractivity contribution in [3.63, 3.8) is 0 Å². The van der Waals surface area contributed by atoms with E-state index < -0.39 is 41.3 Å². The number of amides is 2. The summed E-state index contributed by atoms with van der Waals surface area (Å²) in [6.45, 7) is 0. The third-order valence-corrected chi connectivity index (χ3v) is 7.39. The maximum atomic E-state index is 12.8. The number of aliphatic hydroxyl groups excluding tert-OH is 1. The standard InChI is InChI=1S/C20H19N5O7S2/c26-12(27)6-11-21-20(24-23-11)34-8-10-7-33-18-13(17(30)25(18)14(10)19(31)32)22-16(29)15(28)9-4-2-1-3-5-9/h1-5,13,15,18,28H,6-8H2,(H,22,29)(H,26,27)(H,31,32)(H,21,23,24)/t13?,15?,18-/m1/s1. The Labute approximate surface area is 200 Å².